The fourth-order valence-corrected chi connectivity index (χ4v) is 2.87. The van der Waals surface area contributed by atoms with Gasteiger partial charge < -0.3 is 10.1 Å². The molecule has 0 bridgehead atoms. The molecule has 6 heteroatoms. The summed E-state index contributed by atoms with van der Waals surface area (Å²) in [6.45, 7) is 0.525. The van der Waals surface area contributed by atoms with E-state index < -0.39 is 0 Å². The van der Waals surface area contributed by atoms with Gasteiger partial charge in [0.25, 0.3) is 5.91 Å². The van der Waals surface area contributed by atoms with Crippen LogP contribution < -0.4 is 15.7 Å². The Hall–Kier alpha value is -3.02. The van der Waals surface area contributed by atoms with Gasteiger partial charge in [0.2, 0.25) is 0 Å². The zero-order chi connectivity index (χ0) is 18.0. The summed E-state index contributed by atoms with van der Waals surface area (Å²) >= 11 is 0. The number of imidazole rings is 1. The lowest BCUT2D eigenvalue weighted by molar-refractivity contribution is 0.0954. The van der Waals surface area contributed by atoms with Crippen LogP contribution in [0.4, 0.5) is 0 Å². The van der Waals surface area contributed by atoms with Crippen LogP contribution in [0.25, 0.3) is 11.0 Å². The number of ether oxygens (including phenoxy) is 1. The first-order valence-corrected chi connectivity index (χ1v) is 8.08. The molecule has 0 saturated carbocycles. The molecule has 0 atom stereocenters. The van der Waals surface area contributed by atoms with Gasteiger partial charge in [-0.05, 0) is 48.4 Å². The summed E-state index contributed by atoms with van der Waals surface area (Å²) in [4.78, 5) is 24.1. The van der Waals surface area contributed by atoms with E-state index in [0.29, 0.717) is 18.5 Å². The van der Waals surface area contributed by atoms with Gasteiger partial charge in [0.05, 0.1) is 18.1 Å². The molecule has 1 heterocycles. The van der Waals surface area contributed by atoms with E-state index in [0.717, 1.165) is 22.3 Å². The van der Waals surface area contributed by atoms with E-state index in [4.69, 9.17) is 4.74 Å². The smallest absolute Gasteiger partial charge is 0.328 e. The first kappa shape index (κ1) is 16.8. The molecule has 1 aromatic heterocycles. The average molecular weight is 339 g/mol. The van der Waals surface area contributed by atoms with Crippen LogP contribution in [0.15, 0.2) is 47.3 Å². The number of nitrogens with zero attached hydrogens (tertiary/aromatic N) is 2. The maximum Gasteiger partial charge on any atom is 0.328 e. The molecule has 0 spiro atoms. The highest BCUT2D eigenvalue weighted by Gasteiger charge is 2.09. The molecule has 130 valence electrons. The van der Waals surface area contributed by atoms with Crippen molar-refractivity contribution in [1.29, 1.82) is 0 Å². The predicted molar refractivity (Wildman–Crippen MR) is 97.2 cm³/mol. The highest BCUT2D eigenvalue weighted by molar-refractivity contribution is 5.94. The van der Waals surface area contributed by atoms with Crippen LogP contribution in [-0.4, -0.2) is 28.7 Å². The summed E-state index contributed by atoms with van der Waals surface area (Å²) in [6.07, 6.45) is 0.695. The second-order valence-corrected chi connectivity index (χ2v) is 5.96. The molecule has 25 heavy (non-hydrogen) atoms. The third-order valence-corrected chi connectivity index (χ3v) is 4.39. The normalized spacial score (nSPS) is 10.8. The Morgan fingerprint density at radius 1 is 1.04 bits per heavy atom. The fraction of sp³-hybridized carbons (Fsp3) is 0.263. The molecule has 0 aliphatic heterocycles. The Balaban J connectivity index is 1.65. The maximum atomic E-state index is 12.1. The molecular weight excluding hydrogens is 318 g/mol. The van der Waals surface area contributed by atoms with E-state index in [1.54, 1.807) is 54.6 Å². The molecule has 0 unspecified atom stereocenters. The zero-order valence-electron chi connectivity index (χ0n) is 14.6. The number of aromatic nitrogens is 2. The fourth-order valence-electron chi connectivity index (χ4n) is 2.87. The lowest BCUT2D eigenvalue weighted by Gasteiger charge is -2.07. The molecule has 6 nitrogen and oxygen atoms in total. The topological polar surface area (TPSA) is 65.3 Å². The van der Waals surface area contributed by atoms with Crippen molar-refractivity contribution in [2.45, 2.75) is 6.42 Å². The number of nitrogens with one attached hydrogen (secondary N) is 1. The van der Waals surface area contributed by atoms with Crippen molar-refractivity contribution >= 4 is 16.9 Å². The number of aryl methyl sites for hydroxylation is 2. The van der Waals surface area contributed by atoms with Crippen molar-refractivity contribution in [2.24, 2.45) is 14.1 Å². The first-order valence-electron chi connectivity index (χ1n) is 8.08. The Morgan fingerprint density at radius 3 is 2.40 bits per heavy atom. The van der Waals surface area contributed by atoms with Gasteiger partial charge in [-0.25, -0.2) is 4.79 Å². The summed E-state index contributed by atoms with van der Waals surface area (Å²) in [5, 5.41) is 2.91. The quantitative estimate of drug-likeness (QED) is 0.772. The number of fused-ring (bicyclic) bond motifs is 1. The van der Waals surface area contributed by atoms with Gasteiger partial charge in [-0.15, -0.1) is 0 Å². The number of carbonyl (C=O) groups excluding carboxylic acids is 1. The largest absolute Gasteiger partial charge is 0.497 e. The van der Waals surface area contributed by atoms with Crippen LogP contribution in [0, 0.1) is 0 Å². The van der Waals surface area contributed by atoms with Gasteiger partial charge in [0, 0.05) is 26.2 Å². The van der Waals surface area contributed by atoms with E-state index >= 15 is 0 Å². The van der Waals surface area contributed by atoms with Crippen molar-refractivity contribution in [3.8, 4) is 5.75 Å². The van der Waals surface area contributed by atoms with Gasteiger partial charge in [-0.2, -0.15) is 0 Å². The molecule has 0 aliphatic carbocycles. The van der Waals surface area contributed by atoms with Crippen molar-refractivity contribution in [3.63, 3.8) is 0 Å². The van der Waals surface area contributed by atoms with Crippen molar-refractivity contribution in [3.05, 3.63) is 64.1 Å². The molecule has 1 N–H and O–H groups in total. The summed E-state index contributed by atoms with van der Waals surface area (Å²) in [6, 6.07) is 12.9. The van der Waals surface area contributed by atoms with Gasteiger partial charge in [0.15, 0.2) is 0 Å². The predicted octanol–water partition coefficient (Wildman–Crippen LogP) is 1.86. The van der Waals surface area contributed by atoms with Crippen LogP contribution in [-0.2, 0) is 20.5 Å². The molecule has 1 amide bonds. The van der Waals surface area contributed by atoms with Crippen molar-refractivity contribution in [2.75, 3.05) is 13.7 Å². The third kappa shape index (κ3) is 3.28. The third-order valence-electron chi connectivity index (χ3n) is 4.39. The first-order chi connectivity index (χ1) is 12.0. The molecular formula is C19H21N3O3. The number of methoxy groups -OCH3 is 1. The summed E-state index contributed by atoms with van der Waals surface area (Å²) in [5.74, 6) is 0.606. The minimum atomic E-state index is -0.115. The SMILES string of the molecule is COc1ccc(C(=O)NCCc2ccc3c(c2)n(C)c(=O)n3C)cc1. The molecule has 2 aromatic carbocycles. The van der Waals surface area contributed by atoms with Crippen LogP contribution in [0.5, 0.6) is 5.75 Å². The highest BCUT2D eigenvalue weighted by Crippen LogP contribution is 2.14. The molecule has 0 aliphatic rings. The second kappa shape index (κ2) is 6.84. The Kier molecular flexibility index (Phi) is 4.61. The molecule has 0 radical (unpaired) electrons. The number of hydrogen-bond acceptors (Lipinski definition) is 3. The lowest BCUT2D eigenvalue weighted by atomic mass is 10.1. The monoisotopic (exact) mass is 339 g/mol. The maximum absolute atomic E-state index is 12.1. The van der Waals surface area contributed by atoms with Crippen LogP contribution in [0.1, 0.15) is 15.9 Å². The van der Waals surface area contributed by atoms with E-state index in [-0.39, 0.29) is 11.6 Å². The summed E-state index contributed by atoms with van der Waals surface area (Å²) < 4.78 is 8.35. The molecule has 3 aromatic rings. The molecule has 0 saturated heterocycles. The number of carbonyl (C=O) groups is 1. The average Bonchev–Trinajstić information content (AvgIpc) is 2.86. The van der Waals surface area contributed by atoms with E-state index in [1.807, 2.05) is 18.2 Å². The highest BCUT2D eigenvalue weighted by atomic mass is 16.5. The van der Waals surface area contributed by atoms with Crippen LogP contribution in [0.3, 0.4) is 0 Å². The van der Waals surface area contributed by atoms with Gasteiger partial charge >= 0.3 is 5.69 Å². The van der Waals surface area contributed by atoms with E-state index in [1.165, 1.54) is 0 Å². The minimum Gasteiger partial charge on any atom is -0.497 e. The number of rotatable bonds is 5. The molecule has 0 fully saturated rings. The van der Waals surface area contributed by atoms with Gasteiger partial charge in [-0.1, -0.05) is 6.07 Å². The number of amides is 1. The standard InChI is InChI=1S/C19H21N3O3/c1-21-16-9-4-13(12-17(16)22(2)19(21)24)10-11-20-18(23)14-5-7-15(25-3)8-6-14/h4-9,12H,10-11H2,1-3H3,(H,20,23). The Bertz CT molecular complexity index is 968. The van der Waals surface area contributed by atoms with Crippen LogP contribution >= 0.6 is 0 Å². The summed E-state index contributed by atoms with van der Waals surface area (Å²) in [7, 11) is 5.12. The lowest BCUT2D eigenvalue weighted by Crippen LogP contribution is -2.25. The minimum absolute atomic E-state index is 0.0417. The Morgan fingerprint density at radius 2 is 1.72 bits per heavy atom. The van der Waals surface area contributed by atoms with Crippen molar-refractivity contribution < 1.29 is 9.53 Å². The van der Waals surface area contributed by atoms with Crippen LogP contribution in [0.2, 0.25) is 0 Å². The Labute approximate surface area is 145 Å². The summed E-state index contributed by atoms with van der Waals surface area (Å²) in [5.41, 5.74) is 3.43. The van der Waals surface area contributed by atoms with Gasteiger partial charge in [0.1, 0.15) is 5.75 Å². The van der Waals surface area contributed by atoms with E-state index in [2.05, 4.69) is 5.32 Å². The molecule has 3 rings (SSSR count). The van der Waals surface area contributed by atoms with Gasteiger partial charge in [-0.3, -0.25) is 13.9 Å². The second-order valence-electron chi connectivity index (χ2n) is 5.96. The number of hydrogen-bond donors (Lipinski definition) is 1. The zero-order valence-corrected chi connectivity index (χ0v) is 14.6. The van der Waals surface area contributed by atoms with E-state index in [9.17, 15) is 9.59 Å². The van der Waals surface area contributed by atoms with Crippen molar-refractivity contribution in [1.82, 2.24) is 14.5 Å². The number of benzene rings is 2.